The molecule has 0 spiro atoms. The third-order valence-corrected chi connectivity index (χ3v) is 2.32. The molecule has 0 nitrogen and oxygen atoms in total. The van der Waals surface area contributed by atoms with E-state index in [1.165, 1.54) is 41.9 Å². The average Bonchev–Trinajstić information content (AvgIpc) is 1.82. The number of hydrogen-bond donors (Lipinski definition) is 0. The molecule has 0 unspecified atom stereocenters. The molecule has 1 aromatic carbocycles. The van der Waals surface area contributed by atoms with E-state index >= 15 is 0 Å². The summed E-state index contributed by atoms with van der Waals surface area (Å²) in [6.07, 6.45) is 1.22. The zero-order valence-corrected chi connectivity index (χ0v) is 11.4. The van der Waals surface area contributed by atoms with Gasteiger partial charge in [-0.05, 0) is 0 Å². The molecular formula is C11H15In. The molecule has 0 aliphatic rings. The summed E-state index contributed by atoms with van der Waals surface area (Å²) in [6.45, 7) is 6.82. The molecule has 0 heterocycles. The van der Waals surface area contributed by atoms with Crippen LogP contribution in [0.25, 0.3) is 0 Å². The van der Waals surface area contributed by atoms with Crippen LogP contribution in [-0.2, 0) is 6.42 Å². The minimum absolute atomic E-state index is 0.527. The molecule has 0 saturated carbocycles. The van der Waals surface area contributed by atoms with Gasteiger partial charge in [0, 0.05) is 0 Å². The van der Waals surface area contributed by atoms with Gasteiger partial charge in [-0.15, -0.1) is 0 Å². The van der Waals surface area contributed by atoms with Crippen LogP contribution < -0.4 is 0 Å². The number of aryl methyl sites for hydroxylation is 1. The van der Waals surface area contributed by atoms with Gasteiger partial charge in [-0.3, -0.25) is 0 Å². The molecule has 0 saturated heterocycles. The van der Waals surface area contributed by atoms with E-state index in [1.54, 1.807) is 0 Å². The van der Waals surface area contributed by atoms with Gasteiger partial charge in [-0.25, -0.2) is 0 Å². The van der Waals surface area contributed by atoms with Gasteiger partial charge in [-0.2, -0.15) is 0 Å². The molecule has 0 fully saturated rings. The Bertz CT molecular complexity index is 258. The van der Waals surface area contributed by atoms with Crippen LogP contribution in [0, 0.1) is 6.92 Å². The van der Waals surface area contributed by atoms with Crippen molar-refractivity contribution in [3.05, 3.63) is 35.4 Å². The standard InChI is InChI=1S/C11H15.In/c1-9(2)7-11-6-4-5-10(3)8-11;/h4-6,8H,7H2,1-3H3;. The van der Waals surface area contributed by atoms with E-state index in [2.05, 4.69) is 45.0 Å². The van der Waals surface area contributed by atoms with Gasteiger partial charge in [-0.1, -0.05) is 0 Å². The Balaban J connectivity index is 2.77. The summed E-state index contributed by atoms with van der Waals surface area (Å²) in [6, 6.07) is 8.82. The van der Waals surface area contributed by atoms with Gasteiger partial charge >= 0.3 is 90.1 Å². The fraction of sp³-hybridized carbons (Fsp3) is 0.455. The van der Waals surface area contributed by atoms with Crippen molar-refractivity contribution in [2.24, 2.45) is 0 Å². The summed E-state index contributed by atoms with van der Waals surface area (Å²) < 4.78 is 0.527. The van der Waals surface area contributed by atoms with Crippen molar-refractivity contribution in [1.82, 2.24) is 0 Å². The third kappa shape index (κ3) is 3.66. The number of benzene rings is 1. The normalized spacial score (nSPS) is 11.6. The van der Waals surface area contributed by atoms with Crippen molar-refractivity contribution < 1.29 is 0 Å². The minimum atomic E-state index is 0.527. The predicted octanol–water partition coefficient (Wildman–Crippen LogP) is 2.90. The predicted molar refractivity (Wildman–Crippen MR) is 54.7 cm³/mol. The molecule has 1 rings (SSSR count). The van der Waals surface area contributed by atoms with Crippen LogP contribution in [0.1, 0.15) is 25.0 Å². The summed E-state index contributed by atoms with van der Waals surface area (Å²) in [7, 11) is 0. The van der Waals surface area contributed by atoms with Gasteiger partial charge in [0.25, 0.3) is 0 Å². The molecule has 0 aliphatic heterocycles. The van der Waals surface area contributed by atoms with Crippen LogP contribution in [0.15, 0.2) is 24.3 Å². The molecule has 62 valence electrons. The number of rotatable bonds is 2. The Kier molecular flexibility index (Phi) is 3.28. The Hall–Kier alpha value is 0.0901. The monoisotopic (exact) mass is 262 g/mol. The van der Waals surface area contributed by atoms with Gasteiger partial charge in [0.05, 0.1) is 0 Å². The first-order chi connectivity index (χ1) is 5.47. The van der Waals surface area contributed by atoms with Crippen molar-refractivity contribution in [3.8, 4) is 0 Å². The molecule has 0 atom stereocenters. The summed E-state index contributed by atoms with van der Waals surface area (Å²) in [5.41, 5.74) is 2.85. The van der Waals surface area contributed by atoms with E-state index in [0.29, 0.717) is 3.17 Å². The fourth-order valence-corrected chi connectivity index (χ4v) is 2.02. The van der Waals surface area contributed by atoms with Crippen molar-refractivity contribution in [2.75, 3.05) is 0 Å². The fourth-order valence-electron chi connectivity index (χ4n) is 1.35. The zero-order chi connectivity index (χ0) is 9.19. The molecule has 0 amide bonds. The van der Waals surface area contributed by atoms with Crippen molar-refractivity contribution in [3.63, 3.8) is 0 Å². The Morgan fingerprint density at radius 1 is 1.33 bits per heavy atom. The van der Waals surface area contributed by atoms with Crippen molar-refractivity contribution in [1.29, 1.82) is 0 Å². The molecule has 0 N–H and O–H groups in total. The maximum absolute atomic E-state index is 2.33. The quantitative estimate of drug-likeness (QED) is 0.768. The van der Waals surface area contributed by atoms with E-state index < -0.39 is 0 Å². The van der Waals surface area contributed by atoms with Crippen LogP contribution in [0.2, 0.25) is 3.17 Å². The van der Waals surface area contributed by atoms with Gasteiger partial charge in [0.1, 0.15) is 0 Å². The molecule has 1 aromatic rings. The Morgan fingerprint density at radius 3 is 2.50 bits per heavy atom. The molecule has 0 aromatic heterocycles. The van der Waals surface area contributed by atoms with E-state index in [9.17, 15) is 0 Å². The molecule has 1 heteroatoms. The second kappa shape index (κ2) is 3.87. The van der Waals surface area contributed by atoms with E-state index in [1.807, 2.05) is 0 Å². The van der Waals surface area contributed by atoms with Crippen LogP contribution in [0.4, 0.5) is 0 Å². The van der Waals surface area contributed by atoms with Crippen molar-refractivity contribution in [2.45, 2.75) is 30.4 Å². The van der Waals surface area contributed by atoms with Crippen LogP contribution in [0.5, 0.6) is 0 Å². The maximum atomic E-state index is 2.33. The van der Waals surface area contributed by atoms with Crippen LogP contribution >= 0.6 is 0 Å². The summed E-state index contributed by atoms with van der Waals surface area (Å²) in [5.74, 6) is 0. The Labute approximate surface area is 89.9 Å². The Morgan fingerprint density at radius 2 is 2.00 bits per heavy atom. The molecule has 12 heavy (non-hydrogen) atoms. The number of hydrogen-bond acceptors (Lipinski definition) is 0. The third-order valence-electron chi connectivity index (χ3n) is 1.74. The van der Waals surface area contributed by atoms with Crippen molar-refractivity contribution >= 4 is 24.4 Å². The van der Waals surface area contributed by atoms with Crippen LogP contribution in [-0.4, -0.2) is 24.4 Å². The average molecular weight is 262 g/mol. The molecule has 0 bridgehead atoms. The van der Waals surface area contributed by atoms with E-state index in [0.717, 1.165) is 0 Å². The topological polar surface area (TPSA) is 0 Å². The first-order valence-electron chi connectivity index (χ1n) is 4.32. The molecular weight excluding hydrogens is 247 g/mol. The van der Waals surface area contributed by atoms with Gasteiger partial charge < -0.3 is 0 Å². The van der Waals surface area contributed by atoms with Crippen LogP contribution in [0.3, 0.4) is 0 Å². The second-order valence-corrected chi connectivity index (χ2v) is 8.62. The first kappa shape index (κ1) is 10.2. The zero-order valence-electron chi connectivity index (χ0n) is 8.09. The summed E-state index contributed by atoms with van der Waals surface area (Å²) in [5, 5.41) is 0. The molecule has 0 aliphatic carbocycles. The summed E-state index contributed by atoms with van der Waals surface area (Å²) in [4.78, 5) is 0. The summed E-state index contributed by atoms with van der Waals surface area (Å²) >= 11 is 1.33. The van der Waals surface area contributed by atoms with E-state index in [-0.39, 0.29) is 0 Å². The SMILES string of the molecule is Cc1cccc(C[C](C)(C)[In])c1. The van der Waals surface area contributed by atoms with Gasteiger partial charge in [0.15, 0.2) is 0 Å². The van der Waals surface area contributed by atoms with Gasteiger partial charge in [0.2, 0.25) is 0 Å². The molecule has 2 radical (unpaired) electrons. The second-order valence-electron chi connectivity index (χ2n) is 4.15. The first-order valence-corrected chi connectivity index (χ1v) is 5.96. The van der Waals surface area contributed by atoms with E-state index in [4.69, 9.17) is 0 Å².